The molecule has 1 aromatic rings. The van der Waals surface area contributed by atoms with Crippen molar-refractivity contribution in [1.82, 2.24) is 4.90 Å². The van der Waals surface area contributed by atoms with Crippen LogP contribution in [0, 0.1) is 5.92 Å². The summed E-state index contributed by atoms with van der Waals surface area (Å²) in [6, 6.07) is 10.2. The fourth-order valence-corrected chi connectivity index (χ4v) is 3.13. The number of carbonyl (C=O) groups is 1. The van der Waals surface area contributed by atoms with Gasteiger partial charge in [-0.3, -0.25) is 4.79 Å². The number of esters is 1. The zero-order chi connectivity index (χ0) is 15.2. The summed E-state index contributed by atoms with van der Waals surface area (Å²) in [4.78, 5) is 14.5. The van der Waals surface area contributed by atoms with Crippen molar-refractivity contribution in [2.75, 3.05) is 26.7 Å². The van der Waals surface area contributed by atoms with E-state index in [1.165, 1.54) is 7.11 Å². The molecule has 2 N–H and O–H groups in total. The standard InChI is InChI=1S/C17H26N2O2/c1-3-13-11-19(10-9-16(13)18)12-15(17(20)21-2)14-7-5-4-6-8-14/h4-8,13,15-16H,3,9-12,18H2,1-2H3. The summed E-state index contributed by atoms with van der Waals surface area (Å²) in [6.45, 7) is 4.82. The van der Waals surface area contributed by atoms with Gasteiger partial charge in [0.15, 0.2) is 0 Å². The van der Waals surface area contributed by atoms with Crippen LogP contribution in [0.2, 0.25) is 0 Å². The molecule has 1 saturated heterocycles. The number of benzene rings is 1. The lowest BCUT2D eigenvalue weighted by molar-refractivity contribution is -0.143. The predicted octanol–water partition coefficient (Wildman–Crippen LogP) is 2.00. The minimum absolute atomic E-state index is 0.163. The van der Waals surface area contributed by atoms with Gasteiger partial charge in [0.25, 0.3) is 0 Å². The molecule has 4 heteroatoms. The zero-order valence-corrected chi connectivity index (χ0v) is 13.0. The number of nitrogens with two attached hydrogens (primary N) is 1. The van der Waals surface area contributed by atoms with E-state index in [1.54, 1.807) is 0 Å². The van der Waals surface area contributed by atoms with Crippen LogP contribution in [0.25, 0.3) is 0 Å². The fraction of sp³-hybridized carbons (Fsp3) is 0.588. The van der Waals surface area contributed by atoms with Crippen molar-refractivity contribution in [2.24, 2.45) is 11.7 Å². The molecular formula is C17H26N2O2. The summed E-state index contributed by atoms with van der Waals surface area (Å²) in [7, 11) is 1.46. The first kappa shape index (κ1) is 16.0. The summed E-state index contributed by atoms with van der Waals surface area (Å²) in [5, 5.41) is 0. The Bertz CT molecular complexity index is 449. The quantitative estimate of drug-likeness (QED) is 0.843. The maximum Gasteiger partial charge on any atom is 0.314 e. The topological polar surface area (TPSA) is 55.6 Å². The molecular weight excluding hydrogens is 264 g/mol. The largest absolute Gasteiger partial charge is 0.469 e. The van der Waals surface area contributed by atoms with Crippen molar-refractivity contribution in [2.45, 2.75) is 31.7 Å². The summed E-state index contributed by atoms with van der Waals surface area (Å²) < 4.78 is 4.99. The highest BCUT2D eigenvalue weighted by atomic mass is 16.5. The Morgan fingerprint density at radius 1 is 1.43 bits per heavy atom. The third kappa shape index (κ3) is 4.05. The van der Waals surface area contributed by atoms with Crippen LogP contribution < -0.4 is 5.73 Å². The van der Waals surface area contributed by atoms with Crippen LogP contribution >= 0.6 is 0 Å². The van der Waals surface area contributed by atoms with Crippen LogP contribution in [0.5, 0.6) is 0 Å². The van der Waals surface area contributed by atoms with Gasteiger partial charge >= 0.3 is 5.97 Å². The third-order valence-electron chi connectivity index (χ3n) is 4.53. The van der Waals surface area contributed by atoms with Gasteiger partial charge in [-0.2, -0.15) is 0 Å². The van der Waals surface area contributed by atoms with Crippen molar-refractivity contribution in [1.29, 1.82) is 0 Å². The van der Waals surface area contributed by atoms with E-state index in [4.69, 9.17) is 10.5 Å². The summed E-state index contributed by atoms with van der Waals surface area (Å²) in [6.07, 6.45) is 2.09. The molecule has 1 aliphatic rings. The van der Waals surface area contributed by atoms with Gasteiger partial charge in [-0.25, -0.2) is 0 Å². The molecule has 0 aromatic heterocycles. The molecule has 0 amide bonds. The highest BCUT2D eigenvalue weighted by molar-refractivity contribution is 5.78. The Morgan fingerprint density at radius 3 is 2.76 bits per heavy atom. The van der Waals surface area contributed by atoms with Gasteiger partial charge in [-0.1, -0.05) is 43.7 Å². The summed E-state index contributed by atoms with van der Waals surface area (Å²) in [5.74, 6) is 0.139. The number of ether oxygens (including phenoxy) is 1. The van der Waals surface area contributed by atoms with Crippen molar-refractivity contribution >= 4 is 5.97 Å². The Balaban J connectivity index is 2.07. The first-order valence-electron chi connectivity index (χ1n) is 7.76. The molecule has 1 aromatic carbocycles. The van der Waals surface area contributed by atoms with Gasteiger partial charge < -0.3 is 15.4 Å². The molecule has 1 heterocycles. The SMILES string of the molecule is CCC1CN(CC(C(=O)OC)c2ccccc2)CCC1N. The van der Waals surface area contributed by atoms with Gasteiger partial charge in [0, 0.05) is 19.1 Å². The molecule has 1 fully saturated rings. The molecule has 1 aliphatic heterocycles. The lowest BCUT2D eigenvalue weighted by atomic mass is 9.89. The van der Waals surface area contributed by atoms with Crippen LogP contribution in [0.15, 0.2) is 30.3 Å². The Labute approximate surface area is 127 Å². The van der Waals surface area contributed by atoms with E-state index < -0.39 is 0 Å². The molecule has 3 atom stereocenters. The van der Waals surface area contributed by atoms with Crippen LogP contribution in [-0.4, -0.2) is 43.7 Å². The molecule has 3 unspecified atom stereocenters. The van der Waals surface area contributed by atoms with E-state index in [9.17, 15) is 4.79 Å². The highest BCUT2D eigenvalue weighted by Crippen LogP contribution is 2.24. The lowest BCUT2D eigenvalue weighted by Gasteiger charge is -2.37. The smallest absolute Gasteiger partial charge is 0.314 e. The number of hydrogen-bond acceptors (Lipinski definition) is 4. The van der Waals surface area contributed by atoms with Crippen molar-refractivity contribution in [3.8, 4) is 0 Å². The minimum atomic E-state index is -0.219. The molecule has 0 saturated carbocycles. The Hall–Kier alpha value is -1.39. The van der Waals surface area contributed by atoms with Crippen LogP contribution in [0.3, 0.4) is 0 Å². The second kappa shape index (κ2) is 7.57. The fourth-order valence-electron chi connectivity index (χ4n) is 3.13. The Kier molecular flexibility index (Phi) is 5.76. The number of rotatable bonds is 5. The van der Waals surface area contributed by atoms with Crippen molar-refractivity contribution in [3.63, 3.8) is 0 Å². The first-order chi connectivity index (χ1) is 10.2. The number of methoxy groups -OCH3 is 1. The number of nitrogens with zero attached hydrogens (tertiary/aromatic N) is 1. The average molecular weight is 290 g/mol. The molecule has 0 radical (unpaired) electrons. The molecule has 0 bridgehead atoms. The van der Waals surface area contributed by atoms with Crippen molar-refractivity contribution < 1.29 is 9.53 Å². The zero-order valence-electron chi connectivity index (χ0n) is 13.0. The molecule has 4 nitrogen and oxygen atoms in total. The predicted molar refractivity (Wildman–Crippen MR) is 84.0 cm³/mol. The van der Waals surface area contributed by atoms with Gasteiger partial charge in [0.05, 0.1) is 13.0 Å². The average Bonchev–Trinajstić information content (AvgIpc) is 2.54. The molecule has 2 rings (SSSR count). The summed E-state index contributed by atoms with van der Waals surface area (Å²) in [5.41, 5.74) is 7.18. The second-order valence-electron chi connectivity index (χ2n) is 5.87. The maximum absolute atomic E-state index is 12.1. The number of carbonyl (C=O) groups excluding carboxylic acids is 1. The minimum Gasteiger partial charge on any atom is -0.469 e. The molecule has 116 valence electrons. The van der Waals surface area contributed by atoms with E-state index in [0.29, 0.717) is 18.5 Å². The third-order valence-corrected chi connectivity index (χ3v) is 4.53. The molecule has 21 heavy (non-hydrogen) atoms. The van der Waals surface area contributed by atoms with E-state index in [0.717, 1.165) is 31.5 Å². The molecule has 0 spiro atoms. The lowest BCUT2D eigenvalue weighted by Crippen LogP contribution is -2.48. The number of hydrogen-bond donors (Lipinski definition) is 1. The van der Waals surface area contributed by atoms with E-state index in [-0.39, 0.29) is 11.9 Å². The van der Waals surface area contributed by atoms with Crippen LogP contribution in [0.4, 0.5) is 0 Å². The molecule has 0 aliphatic carbocycles. The van der Waals surface area contributed by atoms with Crippen molar-refractivity contribution in [3.05, 3.63) is 35.9 Å². The van der Waals surface area contributed by atoms with Gasteiger partial charge in [-0.15, -0.1) is 0 Å². The van der Waals surface area contributed by atoms with E-state index >= 15 is 0 Å². The first-order valence-corrected chi connectivity index (χ1v) is 7.76. The normalized spacial score (nSPS) is 24.5. The van der Waals surface area contributed by atoms with Gasteiger partial charge in [-0.05, 0) is 24.4 Å². The monoisotopic (exact) mass is 290 g/mol. The number of piperidine rings is 1. The van der Waals surface area contributed by atoms with Crippen LogP contribution in [0.1, 0.15) is 31.2 Å². The van der Waals surface area contributed by atoms with Gasteiger partial charge in [0.1, 0.15) is 0 Å². The van der Waals surface area contributed by atoms with Gasteiger partial charge in [0.2, 0.25) is 0 Å². The highest BCUT2D eigenvalue weighted by Gasteiger charge is 2.30. The maximum atomic E-state index is 12.1. The Morgan fingerprint density at radius 2 is 2.14 bits per heavy atom. The number of likely N-dealkylation sites (tertiary alicyclic amines) is 1. The van der Waals surface area contributed by atoms with Crippen LogP contribution in [-0.2, 0) is 9.53 Å². The summed E-state index contributed by atoms with van der Waals surface area (Å²) >= 11 is 0. The van der Waals surface area contributed by atoms with E-state index in [1.807, 2.05) is 30.3 Å². The second-order valence-corrected chi connectivity index (χ2v) is 5.87. The van der Waals surface area contributed by atoms with E-state index in [2.05, 4.69) is 11.8 Å².